The third-order valence-corrected chi connectivity index (χ3v) is 7.48. The van der Waals surface area contributed by atoms with Crippen LogP contribution in [0.25, 0.3) is 10.9 Å². The molecule has 0 bridgehead atoms. The number of benzene rings is 2. The van der Waals surface area contributed by atoms with E-state index in [4.69, 9.17) is 4.74 Å². The van der Waals surface area contributed by atoms with Crippen LogP contribution in [0.4, 0.5) is 13.2 Å². The molecule has 160 valence electrons. The van der Waals surface area contributed by atoms with E-state index in [1.807, 2.05) is 0 Å². The van der Waals surface area contributed by atoms with Gasteiger partial charge < -0.3 is 4.74 Å². The molecular weight excluding hydrogens is 437 g/mol. The average Bonchev–Trinajstić information content (AvgIpc) is 3.14. The molecule has 30 heavy (non-hydrogen) atoms. The molecule has 2 aromatic carbocycles. The van der Waals surface area contributed by atoms with Crippen LogP contribution in [0.15, 0.2) is 64.5 Å². The van der Waals surface area contributed by atoms with Gasteiger partial charge in [-0.25, -0.2) is 13.1 Å². The number of halogens is 3. The van der Waals surface area contributed by atoms with Crippen LogP contribution in [0, 0.1) is 0 Å². The van der Waals surface area contributed by atoms with Crippen LogP contribution >= 0.6 is 0 Å². The van der Waals surface area contributed by atoms with E-state index in [-0.39, 0.29) is 21.8 Å². The monoisotopic (exact) mass is 456 g/mol. The van der Waals surface area contributed by atoms with Crippen molar-refractivity contribution in [2.45, 2.75) is 34.9 Å². The highest BCUT2D eigenvalue weighted by Crippen LogP contribution is 2.38. The summed E-state index contributed by atoms with van der Waals surface area (Å²) in [6.45, 7) is 1.00. The topological polar surface area (TPSA) is 60.3 Å². The average molecular weight is 457 g/mol. The van der Waals surface area contributed by atoms with E-state index in [9.17, 15) is 21.6 Å². The van der Waals surface area contributed by atoms with Gasteiger partial charge in [-0.3, -0.25) is 3.97 Å². The highest BCUT2D eigenvalue weighted by molar-refractivity contribution is 7.84. The number of aromatic nitrogens is 1. The molecule has 1 aliphatic heterocycles. The van der Waals surface area contributed by atoms with Crippen LogP contribution in [0.3, 0.4) is 0 Å². The first-order valence-corrected chi connectivity index (χ1v) is 11.6. The summed E-state index contributed by atoms with van der Waals surface area (Å²) in [5.41, 5.74) is -0.787. The molecule has 2 atom stereocenters. The van der Waals surface area contributed by atoms with E-state index in [1.165, 1.54) is 22.3 Å². The Balaban J connectivity index is 1.84. The van der Waals surface area contributed by atoms with E-state index in [0.717, 1.165) is 6.07 Å². The minimum absolute atomic E-state index is 0.0336. The highest BCUT2D eigenvalue weighted by Gasteiger charge is 2.35. The maximum Gasteiger partial charge on any atom is 0.417 e. The molecule has 0 saturated carbocycles. The van der Waals surface area contributed by atoms with Crippen LogP contribution in [0.5, 0.6) is 0 Å². The Hall–Kier alpha value is -2.01. The van der Waals surface area contributed by atoms with Crippen LogP contribution in [0.2, 0.25) is 0 Å². The van der Waals surface area contributed by atoms with E-state index in [1.54, 1.807) is 30.3 Å². The summed E-state index contributed by atoms with van der Waals surface area (Å²) in [6.07, 6.45) is -2.11. The van der Waals surface area contributed by atoms with Crippen molar-refractivity contribution >= 4 is 32.9 Å². The van der Waals surface area contributed by atoms with Crippen molar-refractivity contribution < 1.29 is 26.3 Å². The van der Waals surface area contributed by atoms with E-state index in [0.29, 0.717) is 31.0 Å². The number of rotatable bonds is 5. The van der Waals surface area contributed by atoms with Gasteiger partial charge in [0, 0.05) is 30.8 Å². The maximum atomic E-state index is 13.7. The summed E-state index contributed by atoms with van der Waals surface area (Å²) < 4.78 is 76.8. The van der Waals surface area contributed by atoms with Crippen LogP contribution in [-0.4, -0.2) is 31.6 Å². The second-order valence-corrected chi connectivity index (χ2v) is 9.43. The molecule has 1 saturated heterocycles. The number of hydrogen-bond donors (Lipinski definition) is 1. The second kappa shape index (κ2) is 8.62. The number of ether oxygens (including phenoxy) is 1. The van der Waals surface area contributed by atoms with Crippen LogP contribution < -0.4 is 4.72 Å². The van der Waals surface area contributed by atoms with Crippen molar-refractivity contribution in [2.75, 3.05) is 13.2 Å². The van der Waals surface area contributed by atoms with Crippen molar-refractivity contribution in [1.82, 2.24) is 8.69 Å². The lowest BCUT2D eigenvalue weighted by Gasteiger charge is -2.22. The van der Waals surface area contributed by atoms with Crippen molar-refractivity contribution in [3.8, 4) is 0 Å². The first-order chi connectivity index (χ1) is 14.4. The normalized spacial score (nSPS) is 17.8. The molecule has 3 aromatic rings. The van der Waals surface area contributed by atoms with Gasteiger partial charge >= 0.3 is 6.18 Å². The minimum Gasteiger partial charge on any atom is -0.381 e. The maximum absolute atomic E-state index is 13.7. The summed E-state index contributed by atoms with van der Waals surface area (Å²) in [5, 5.41) is -0.202. The zero-order chi connectivity index (χ0) is 21.3. The van der Waals surface area contributed by atoms with Gasteiger partial charge in [0.15, 0.2) is 11.0 Å². The predicted molar refractivity (Wildman–Crippen MR) is 109 cm³/mol. The lowest BCUT2D eigenvalue weighted by Crippen LogP contribution is -2.35. The zero-order valence-electron chi connectivity index (χ0n) is 15.7. The largest absolute Gasteiger partial charge is 0.417 e. The molecule has 5 nitrogen and oxygen atoms in total. The van der Waals surface area contributed by atoms with Gasteiger partial charge in [0.25, 0.3) is 0 Å². The quantitative estimate of drug-likeness (QED) is 0.631. The van der Waals surface area contributed by atoms with Gasteiger partial charge in [0.2, 0.25) is 0 Å². The third kappa shape index (κ3) is 4.22. The third-order valence-electron chi connectivity index (χ3n) is 4.88. The Morgan fingerprint density at radius 3 is 2.37 bits per heavy atom. The number of nitrogens with zero attached hydrogens (tertiary/aromatic N) is 1. The molecule has 0 aliphatic carbocycles. The van der Waals surface area contributed by atoms with Crippen molar-refractivity contribution in [1.29, 1.82) is 0 Å². The summed E-state index contributed by atoms with van der Waals surface area (Å²) >= 11 is 0. The molecule has 1 fully saturated rings. The Morgan fingerprint density at radius 2 is 1.70 bits per heavy atom. The number of nitrogens with one attached hydrogen (secondary N) is 1. The first kappa shape index (κ1) is 21.2. The molecule has 2 heterocycles. The summed E-state index contributed by atoms with van der Waals surface area (Å²) in [7, 11) is -3.71. The number of alkyl halides is 3. The van der Waals surface area contributed by atoms with Gasteiger partial charge in [-0.15, -0.1) is 0 Å². The molecule has 0 amide bonds. The molecule has 0 radical (unpaired) electrons. The minimum atomic E-state index is -4.64. The zero-order valence-corrected chi connectivity index (χ0v) is 17.4. The Kier molecular flexibility index (Phi) is 6.10. The summed E-state index contributed by atoms with van der Waals surface area (Å²) in [5.74, 6) is 0. The van der Waals surface area contributed by atoms with Gasteiger partial charge in [0.1, 0.15) is 11.0 Å². The van der Waals surface area contributed by atoms with Gasteiger partial charge in [0.05, 0.1) is 20.9 Å². The molecule has 4 rings (SSSR count). The van der Waals surface area contributed by atoms with Crippen molar-refractivity contribution in [3.63, 3.8) is 0 Å². The first-order valence-electron chi connectivity index (χ1n) is 9.30. The fourth-order valence-corrected chi connectivity index (χ4v) is 5.90. The summed E-state index contributed by atoms with van der Waals surface area (Å²) in [6, 6.07) is 12.0. The van der Waals surface area contributed by atoms with Crippen LogP contribution in [0.1, 0.15) is 18.4 Å². The molecular formula is C20H19F3N2O3S2. The predicted octanol–water partition coefficient (Wildman–Crippen LogP) is 4.02. The molecule has 1 N–H and O–H groups in total. The highest BCUT2D eigenvalue weighted by atomic mass is 32.2. The van der Waals surface area contributed by atoms with Crippen molar-refractivity contribution in [3.05, 3.63) is 60.3 Å². The molecule has 1 aliphatic rings. The lowest BCUT2D eigenvalue weighted by molar-refractivity contribution is -0.136. The van der Waals surface area contributed by atoms with Gasteiger partial charge in [-0.2, -0.15) is 13.2 Å². The number of fused-ring (bicyclic) bond motifs is 1. The fraction of sp³-hybridized carbons (Fsp3) is 0.300. The SMILES string of the molecule is O=S(NC1CCOCC1)c1cn(S(=O)c2ccccc2)c2cccc(C(F)(F)F)c12. The van der Waals surface area contributed by atoms with Gasteiger partial charge in [-0.05, 0) is 37.1 Å². The number of hydrogen-bond acceptors (Lipinski definition) is 3. The second-order valence-electron chi connectivity index (χ2n) is 6.85. The molecule has 1 aromatic heterocycles. The smallest absolute Gasteiger partial charge is 0.381 e. The standard InChI is InChI=1S/C20H19F3N2O3S2/c21-20(22,23)16-7-4-8-17-19(16)18(29(26)24-14-9-11-28-12-10-14)13-25(17)30(27)15-5-2-1-3-6-15/h1-8,13-14,24H,9-12H2. The van der Waals surface area contributed by atoms with Gasteiger partial charge in [-0.1, -0.05) is 24.3 Å². The fourth-order valence-electron chi connectivity index (χ4n) is 3.42. The van der Waals surface area contributed by atoms with Crippen molar-refractivity contribution in [2.24, 2.45) is 0 Å². The summed E-state index contributed by atoms with van der Waals surface area (Å²) in [4.78, 5) is 0.398. The lowest BCUT2D eigenvalue weighted by atomic mass is 10.1. The molecule has 2 unspecified atom stereocenters. The van der Waals surface area contributed by atoms with E-state index < -0.39 is 33.7 Å². The Bertz CT molecular complexity index is 1090. The Morgan fingerprint density at radius 1 is 1.00 bits per heavy atom. The molecule has 0 spiro atoms. The molecule has 10 heteroatoms. The van der Waals surface area contributed by atoms with E-state index >= 15 is 0 Å². The van der Waals surface area contributed by atoms with E-state index in [2.05, 4.69) is 4.72 Å². The van der Waals surface area contributed by atoms with Crippen LogP contribution in [-0.2, 0) is 32.9 Å². The Labute approximate surface area is 176 Å².